The number of nitrogens with one attached hydrogen (secondary N) is 2. The molecular formula is C32H35N7O. The van der Waals surface area contributed by atoms with Crippen LogP contribution in [0.2, 0.25) is 0 Å². The fraction of sp³-hybridized carbons (Fsp3) is 0.375. The molecule has 8 heteroatoms. The van der Waals surface area contributed by atoms with E-state index in [0.29, 0.717) is 22.9 Å². The van der Waals surface area contributed by atoms with Gasteiger partial charge in [-0.3, -0.25) is 14.7 Å². The van der Waals surface area contributed by atoms with Gasteiger partial charge in [-0.05, 0) is 79.3 Å². The molecular weight excluding hydrogens is 498 g/mol. The van der Waals surface area contributed by atoms with E-state index in [1.54, 1.807) is 6.20 Å². The molecule has 2 aliphatic rings. The van der Waals surface area contributed by atoms with Crippen molar-refractivity contribution in [1.29, 1.82) is 10.5 Å². The minimum atomic E-state index is -0.111. The van der Waals surface area contributed by atoms with Gasteiger partial charge in [-0.1, -0.05) is 18.2 Å². The van der Waals surface area contributed by atoms with Crippen molar-refractivity contribution in [2.75, 3.05) is 31.1 Å². The lowest BCUT2D eigenvalue weighted by molar-refractivity contribution is 0.0904. The van der Waals surface area contributed by atoms with Gasteiger partial charge in [0.25, 0.3) is 5.91 Å². The van der Waals surface area contributed by atoms with Gasteiger partial charge in [0, 0.05) is 63.2 Å². The van der Waals surface area contributed by atoms with Gasteiger partial charge in [0.1, 0.15) is 5.69 Å². The molecule has 0 atom stereocenters. The average molecular weight is 534 g/mol. The summed E-state index contributed by atoms with van der Waals surface area (Å²) >= 11 is 0. The number of nitriles is 2. The lowest BCUT2D eigenvalue weighted by Crippen LogP contribution is -2.44. The maximum Gasteiger partial charge on any atom is 0.270 e. The number of benzene rings is 2. The molecule has 3 heterocycles. The molecule has 1 aromatic heterocycles. The Morgan fingerprint density at radius 3 is 2.00 bits per heavy atom. The molecule has 204 valence electrons. The van der Waals surface area contributed by atoms with Crippen LogP contribution in [0, 0.1) is 22.7 Å². The van der Waals surface area contributed by atoms with Crippen molar-refractivity contribution in [3.63, 3.8) is 0 Å². The maximum absolute atomic E-state index is 12.8. The van der Waals surface area contributed by atoms with Gasteiger partial charge in [-0.15, -0.1) is 0 Å². The van der Waals surface area contributed by atoms with Crippen LogP contribution in [0.5, 0.6) is 0 Å². The van der Waals surface area contributed by atoms with Crippen molar-refractivity contribution in [3.8, 4) is 12.1 Å². The molecule has 0 saturated carbocycles. The largest absolute Gasteiger partial charge is 0.371 e. The fourth-order valence-electron chi connectivity index (χ4n) is 5.45. The van der Waals surface area contributed by atoms with Crippen LogP contribution in [0.15, 0.2) is 66.9 Å². The van der Waals surface area contributed by atoms with Gasteiger partial charge < -0.3 is 15.5 Å². The van der Waals surface area contributed by atoms with E-state index in [1.807, 2.05) is 60.7 Å². The monoisotopic (exact) mass is 533 g/mol. The first-order valence-corrected chi connectivity index (χ1v) is 14.1. The number of hydrogen-bond acceptors (Lipinski definition) is 7. The second-order valence-electron chi connectivity index (χ2n) is 10.7. The van der Waals surface area contributed by atoms with E-state index in [9.17, 15) is 4.79 Å². The summed E-state index contributed by atoms with van der Waals surface area (Å²) in [4.78, 5) is 22.0. The summed E-state index contributed by atoms with van der Waals surface area (Å²) in [7, 11) is 0. The van der Waals surface area contributed by atoms with Crippen molar-refractivity contribution in [1.82, 2.24) is 20.5 Å². The Hall–Kier alpha value is -4.24. The summed E-state index contributed by atoms with van der Waals surface area (Å²) in [6, 6.07) is 24.3. The molecule has 0 radical (unpaired) electrons. The van der Waals surface area contributed by atoms with E-state index in [4.69, 9.17) is 10.5 Å². The molecule has 5 rings (SSSR count). The van der Waals surface area contributed by atoms with Gasteiger partial charge >= 0.3 is 0 Å². The molecule has 0 spiro atoms. The molecule has 0 bridgehead atoms. The quantitative estimate of drug-likeness (QED) is 0.451. The highest BCUT2D eigenvalue weighted by molar-refractivity contribution is 5.92. The third-order valence-electron chi connectivity index (χ3n) is 7.92. The number of pyridine rings is 1. The first-order chi connectivity index (χ1) is 19.6. The van der Waals surface area contributed by atoms with E-state index in [2.05, 4.69) is 37.6 Å². The number of anilines is 1. The molecule has 3 aromatic rings. The van der Waals surface area contributed by atoms with Crippen molar-refractivity contribution >= 4 is 11.6 Å². The SMILES string of the molecule is N#Cc1ccc(CN2CCC(NC(=O)c3ccc(CNC4CCN(c5ccc(C#N)cc5)CC4)cn3)CC2)cc1. The normalized spacial score (nSPS) is 16.7. The number of piperidine rings is 2. The molecule has 0 aliphatic carbocycles. The van der Waals surface area contributed by atoms with Crippen LogP contribution in [0.3, 0.4) is 0 Å². The van der Waals surface area contributed by atoms with Crippen molar-refractivity contribution in [3.05, 3.63) is 94.8 Å². The number of hydrogen-bond donors (Lipinski definition) is 2. The predicted octanol–water partition coefficient (Wildman–Crippen LogP) is 3.98. The van der Waals surface area contributed by atoms with Crippen molar-refractivity contribution < 1.29 is 4.79 Å². The highest BCUT2D eigenvalue weighted by atomic mass is 16.1. The Kier molecular flexibility index (Phi) is 9.03. The van der Waals surface area contributed by atoms with E-state index >= 15 is 0 Å². The van der Waals surface area contributed by atoms with Crippen LogP contribution < -0.4 is 15.5 Å². The Morgan fingerprint density at radius 2 is 1.40 bits per heavy atom. The average Bonchev–Trinajstić information content (AvgIpc) is 3.02. The third kappa shape index (κ3) is 7.24. The first kappa shape index (κ1) is 27.3. The van der Waals surface area contributed by atoms with Crippen LogP contribution in [0.4, 0.5) is 5.69 Å². The summed E-state index contributed by atoms with van der Waals surface area (Å²) in [5.41, 5.74) is 5.27. The Bertz CT molecular complexity index is 1340. The smallest absolute Gasteiger partial charge is 0.270 e. The second kappa shape index (κ2) is 13.2. The molecule has 2 saturated heterocycles. The van der Waals surface area contributed by atoms with Crippen molar-refractivity contribution in [2.45, 2.75) is 50.9 Å². The minimum Gasteiger partial charge on any atom is -0.371 e. The molecule has 8 nitrogen and oxygen atoms in total. The summed E-state index contributed by atoms with van der Waals surface area (Å²) in [6.07, 6.45) is 5.73. The summed E-state index contributed by atoms with van der Waals surface area (Å²) < 4.78 is 0. The Morgan fingerprint density at radius 1 is 0.800 bits per heavy atom. The lowest BCUT2D eigenvalue weighted by atomic mass is 10.0. The Labute approximate surface area is 236 Å². The fourth-order valence-corrected chi connectivity index (χ4v) is 5.45. The topological polar surface area (TPSA) is 108 Å². The van der Waals surface area contributed by atoms with Crippen LogP contribution in [0.25, 0.3) is 0 Å². The molecule has 2 aliphatic heterocycles. The zero-order chi connectivity index (χ0) is 27.7. The van der Waals surface area contributed by atoms with Gasteiger partial charge in [0.2, 0.25) is 0 Å². The summed E-state index contributed by atoms with van der Waals surface area (Å²) in [5, 5.41) is 24.8. The summed E-state index contributed by atoms with van der Waals surface area (Å²) in [5.74, 6) is -0.111. The van der Waals surface area contributed by atoms with Gasteiger partial charge in [0.15, 0.2) is 0 Å². The van der Waals surface area contributed by atoms with Crippen molar-refractivity contribution in [2.24, 2.45) is 0 Å². The van der Waals surface area contributed by atoms with Crippen LogP contribution in [-0.2, 0) is 13.1 Å². The first-order valence-electron chi connectivity index (χ1n) is 14.1. The molecule has 2 fully saturated rings. The highest BCUT2D eigenvalue weighted by Crippen LogP contribution is 2.21. The van der Waals surface area contributed by atoms with E-state index in [-0.39, 0.29) is 11.9 Å². The zero-order valence-corrected chi connectivity index (χ0v) is 22.7. The van der Waals surface area contributed by atoms with E-state index in [0.717, 1.165) is 70.5 Å². The molecule has 2 aromatic carbocycles. The predicted molar refractivity (Wildman–Crippen MR) is 154 cm³/mol. The molecule has 2 N–H and O–H groups in total. The van der Waals surface area contributed by atoms with Crippen LogP contribution in [0.1, 0.15) is 58.4 Å². The number of aromatic nitrogens is 1. The van der Waals surface area contributed by atoms with Crippen LogP contribution >= 0.6 is 0 Å². The zero-order valence-electron chi connectivity index (χ0n) is 22.7. The van der Waals surface area contributed by atoms with Crippen LogP contribution in [-0.4, -0.2) is 54.1 Å². The highest BCUT2D eigenvalue weighted by Gasteiger charge is 2.22. The molecule has 1 amide bonds. The van der Waals surface area contributed by atoms with Gasteiger partial charge in [-0.2, -0.15) is 10.5 Å². The van der Waals surface area contributed by atoms with Gasteiger partial charge in [-0.25, -0.2) is 0 Å². The third-order valence-corrected chi connectivity index (χ3v) is 7.92. The summed E-state index contributed by atoms with van der Waals surface area (Å²) in [6.45, 7) is 5.41. The second-order valence-corrected chi connectivity index (χ2v) is 10.7. The number of likely N-dealkylation sites (tertiary alicyclic amines) is 1. The molecule has 40 heavy (non-hydrogen) atoms. The number of rotatable bonds is 8. The van der Waals surface area contributed by atoms with E-state index in [1.165, 1.54) is 11.3 Å². The molecule has 0 unspecified atom stereocenters. The van der Waals surface area contributed by atoms with E-state index < -0.39 is 0 Å². The maximum atomic E-state index is 12.8. The number of nitrogens with zero attached hydrogens (tertiary/aromatic N) is 5. The van der Waals surface area contributed by atoms with Gasteiger partial charge in [0.05, 0.1) is 23.3 Å². The number of amides is 1. The minimum absolute atomic E-state index is 0.111. The number of carbonyl (C=O) groups is 1. The lowest BCUT2D eigenvalue weighted by Gasteiger charge is -2.34. The Balaban J connectivity index is 1.01. The number of carbonyl (C=O) groups excluding carboxylic acids is 1. The standard InChI is InChI=1S/C32H35N7O/c33-19-24-1-3-26(4-2-24)23-38-15-11-29(12-16-38)37-32(40)31-10-7-27(22-36-31)21-35-28-13-17-39(18-14-28)30-8-5-25(20-34)6-9-30/h1-10,22,28-29,35H,11-18,21,23H2,(H,37,40).